The zero-order chi connectivity index (χ0) is 12.9. The molecule has 0 heterocycles. The molecule has 1 aromatic carbocycles. The van der Waals surface area contributed by atoms with Gasteiger partial charge in [-0.25, -0.2) is 8.42 Å². The van der Waals surface area contributed by atoms with E-state index in [0.29, 0.717) is 10.4 Å². The van der Waals surface area contributed by atoms with E-state index in [1.54, 1.807) is 24.3 Å². The molecule has 0 aliphatic rings. The molecule has 0 spiro atoms. The van der Waals surface area contributed by atoms with Gasteiger partial charge in [0.05, 0.1) is 15.7 Å². The van der Waals surface area contributed by atoms with Crippen LogP contribution in [0.1, 0.15) is 19.8 Å². The van der Waals surface area contributed by atoms with Crippen LogP contribution < -0.4 is 0 Å². The first-order valence-corrected chi connectivity index (χ1v) is 8.69. The van der Waals surface area contributed by atoms with Gasteiger partial charge in [0.2, 0.25) is 0 Å². The smallest absolute Gasteiger partial charge is 0.180 e. The Balaban J connectivity index is 2.92. The van der Waals surface area contributed by atoms with Crippen molar-refractivity contribution in [2.75, 3.05) is 11.1 Å². The predicted octanol–water partition coefficient (Wildman–Crippen LogP) is 3.92. The Morgan fingerprint density at radius 2 is 2.00 bits per heavy atom. The highest BCUT2D eigenvalue weighted by Gasteiger charge is 2.22. The highest BCUT2D eigenvalue weighted by Crippen LogP contribution is 2.24. The first-order chi connectivity index (χ1) is 8.01. The Morgan fingerprint density at radius 1 is 1.35 bits per heavy atom. The molecule has 1 unspecified atom stereocenters. The Kier molecular flexibility index (Phi) is 5.97. The highest BCUT2D eigenvalue weighted by atomic mass is 79.9. The van der Waals surface area contributed by atoms with Gasteiger partial charge in [0.1, 0.15) is 0 Å². The number of hydrogen-bond donors (Lipinski definition) is 0. The van der Waals surface area contributed by atoms with Gasteiger partial charge in [-0.05, 0) is 24.5 Å². The predicted molar refractivity (Wildman–Crippen MR) is 75.7 cm³/mol. The zero-order valence-electron chi connectivity index (χ0n) is 9.70. The van der Waals surface area contributed by atoms with E-state index in [4.69, 9.17) is 11.6 Å². The largest absolute Gasteiger partial charge is 0.224 e. The lowest BCUT2D eigenvalue weighted by atomic mass is 10.1. The van der Waals surface area contributed by atoms with Crippen LogP contribution in [0.5, 0.6) is 0 Å². The maximum absolute atomic E-state index is 12.2. The van der Waals surface area contributed by atoms with Crippen LogP contribution in [-0.2, 0) is 9.84 Å². The molecule has 17 heavy (non-hydrogen) atoms. The summed E-state index contributed by atoms with van der Waals surface area (Å²) in [6, 6.07) is 6.60. The molecule has 2 nitrogen and oxygen atoms in total. The summed E-state index contributed by atoms with van der Waals surface area (Å²) in [4.78, 5) is 0.240. The van der Waals surface area contributed by atoms with Crippen molar-refractivity contribution in [3.05, 3.63) is 29.3 Å². The summed E-state index contributed by atoms with van der Waals surface area (Å²) in [5.74, 6) is 0.289. The zero-order valence-corrected chi connectivity index (χ0v) is 12.9. The number of halogens is 2. The van der Waals surface area contributed by atoms with Crippen molar-refractivity contribution in [2.24, 2.45) is 5.92 Å². The van der Waals surface area contributed by atoms with E-state index < -0.39 is 9.84 Å². The summed E-state index contributed by atoms with van der Waals surface area (Å²) in [7, 11) is -3.29. The summed E-state index contributed by atoms with van der Waals surface area (Å²) in [6.45, 7) is 2.05. The lowest BCUT2D eigenvalue weighted by Crippen LogP contribution is -2.17. The van der Waals surface area contributed by atoms with E-state index in [1.165, 1.54) is 0 Å². The van der Waals surface area contributed by atoms with Gasteiger partial charge in [0, 0.05) is 5.33 Å². The van der Waals surface area contributed by atoms with Crippen LogP contribution in [0.4, 0.5) is 0 Å². The second kappa shape index (κ2) is 6.76. The SMILES string of the molecule is CCCC(CBr)CS(=O)(=O)c1ccccc1Cl. The van der Waals surface area contributed by atoms with Gasteiger partial charge in [-0.3, -0.25) is 0 Å². The minimum absolute atomic E-state index is 0.140. The van der Waals surface area contributed by atoms with Crippen LogP contribution in [0, 0.1) is 5.92 Å². The van der Waals surface area contributed by atoms with Crippen molar-refractivity contribution in [3.8, 4) is 0 Å². The molecule has 0 saturated heterocycles. The molecule has 0 radical (unpaired) electrons. The highest BCUT2D eigenvalue weighted by molar-refractivity contribution is 9.09. The summed E-state index contributed by atoms with van der Waals surface area (Å²) in [5, 5.41) is 1.00. The van der Waals surface area contributed by atoms with Crippen LogP contribution in [0.25, 0.3) is 0 Å². The van der Waals surface area contributed by atoms with Gasteiger partial charge in [0.15, 0.2) is 9.84 Å². The van der Waals surface area contributed by atoms with E-state index in [0.717, 1.165) is 12.8 Å². The van der Waals surface area contributed by atoms with E-state index in [-0.39, 0.29) is 16.6 Å². The third-order valence-electron chi connectivity index (χ3n) is 2.54. The summed E-state index contributed by atoms with van der Waals surface area (Å²) < 4.78 is 24.4. The van der Waals surface area contributed by atoms with Crippen LogP contribution in [0.3, 0.4) is 0 Å². The molecule has 0 N–H and O–H groups in total. The van der Waals surface area contributed by atoms with E-state index in [9.17, 15) is 8.42 Å². The molecule has 0 aliphatic carbocycles. The summed E-state index contributed by atoms with van der Waals surface area (Å²) in [6.07, 6.45) is 1.88. The fourth-order valence-corrected chi connectivity index (χ4v) is 4.79. The molecule has 96 valence electrons. The summed E-state index contributed by atoms with van der Waals surface area (Å²) in [5.41, 5.74) is 0. The van der Waals surface area contributed by atoms with Gasteiger partial charge in [0.25, 0.3) is 0 Å². The molecule has 0 aromatic heterocycles. The number of benzene rings is 1. The molecule has 0 amide bonds. The standard InChI is InChI=1S/C12H16BrClO2S/c1-2-5-10(8-13)9-17(15,16)12-7-4-3-6-11(12)14/h3-4,6-7,10H,2,5,8-9H2,1H3. The Labute approximate surface area is 116 Å². The van der Waals surface area contributed by atoms with Crippen molar-refractivity contribution in [3.63, 3.8) is 0 Å². The number of alkyl halides is 1. The lowest BCUT2D eigenvalue weighted by Gasteiger charge is -2.13. The van der Waals surface area contributed by atoms with Crippen molar-refractivity contribution in [1.29, 1.82) is 0 Å². The molecule has 1 rings (SSSR count). The lowest BCUT2D eigenvalue weighted by molar-refractivity contribution is 0.552. The van der Waals surface area contributed by atoms with Crippen molar-refractivity contribution in [1.82, 2.24) is 0 Å². The number of hydrogen-bond acceptors (Lipinski definition) is 2. The van der Waals surface area contributed by atoms with Crippen LogP contribution in [0.15, 0.2) is 29.2 Å². The number of rotatable bonds is 6. The van der Waals surface area contributed by atoms with Crippen LogP contribution in [-0.4, -0.2) is 19.5 Å². The van der Waals surface area contributed by atoms with Gasteiger partial charge in [-0.1, -0.05) is 53.0 Å². The van der Waals surface area contributed by atoms with E-state index >= 15 is 0 Å². The fraction of sp³-hybridized carbons (Fsp3) is 0.500. The molecule has 0 bridgehead atoms. The average molecular weight is 340 g/mol. The topological polar surface area (TPSA) is 34.1 Å². The second-order valence-corrected chi connectivity index (χ2v) is 7.08. The van der Waals surface area contributed by atoms with Gasteiger partial charge >= 0.3 is 0 Å². The molecule has 1 aromatic rings. The first-order valence-electron chi connectivity index (χ1n) is 5.54. The van der Waals surface area contributed by atoms with Crippen molar-refractivity contribution >= 4 is 37.4 Å². The molecule has 0 fully saturated rings. The third kappa shape index (κ3) is 4.27. The average Bonchev–Trinajstić information content (AvgIpc) is 2.28. The Hall–Kier alpha value is -0.0600. The Bertz CT molecular complexity index is 459. The maximum Gasteiger partial charge on any atom is 0.180 e. The van der Waals surface area contributed by atoms with Gasteiger partial charge < -0.3 is 0 Å². The molecule has 0 saturated carbocycles. The quantitative estimate of drug-likeness (QED) is 0.736. The fourth-order valence-electron chi connectivity index (χ4n) is 1.71. The normalized spacial score (nSPS) is 13.6. The number of sulfone groups is 1. The Morgan fingerprint density at radius 3 is 2.53 bits per heavy atom. The minimum atomic E-state index is -3.29. The van der Waals surface area contributed by atoms with Gasteiger partial charge in [-0.2, -0.15) is 0 Å². The monoisotopic (exact) mass is 338 g/mol. The molecular formula is C12H16BrClO2S. The van der Waals surface area contributed by atoms with E-state index in [2.05, 4.69) is 22.9 Å². The molecule has 5 heteroatoms. The van der Waals surface area contributed by atoms with E-state index in [1.807, 2.05) is 0 Å². The maximum atomic E-state index is 12.2. The molecule has 0 aliphatic heterocycles. The second-order valence-electron chi connectivity index (χ2n) is 4.02. The molecule has 1 atom stereocenters. The summed E-state index contributed by atoms with van der Waals surface area (Å²) >= 11 is 9.28. The molecular weight excluding hydrogens is 324 g/mol. The minimum Gasteiger partial charge on any atom is -0.224 e. The first kappa shape index (κ1) is 15.0. The van der Waals surface area contributed by atoms with Crippen molar-refractivity contribution in [2.45, 2.75) is 24.7 Å². The third-order valence-corrected chi connectivity index (χ3v) is 5.84. The van der Waals surface area contributed by atoms with Gasteiger partial charge in [-0.15, -0.1) is 0 Å². The van der Waals surface area contributed by atoms with Crippen molar-refractivity contribution < 1.29 is 8.42 Å². The van der Waals surface area contributed by atoms with Crippen LogP contribution in [0.2, 0.25) is 5.02 Å². The van der Waals surface area contributed by atoms with Crippen LogP contribution >= 0.6 is 27.5 Å².